The predicted octanol–water partition coefficient (Wildman–Crippen LogP) is 2.97. The van der Waals surface area contributed by atoms with E-state index in [4.69, 9.17) is 9.47 Å². The topological polar surface area (TPSA) is 30.5 Å². The summed E-state index contributed by atoms with van der Waals surface area (Å²) in [6.07, 6.45) is 0.186. The number of hydrogen-bond acceptors (Lipinski definition) is 4. The molecule has 0 aliphatic carbocycles. The van der Waals surface area contributed by atoms with E-state index in [0.29, 0.717) is 19.3 Å². The molecule has 1 saturated heterocycles. The summed E-state index contributed by atoms with van der Waals surface area (Å²) in [6.45, 7) is 5.18. The molecule has 1 aliphatic rings. The Bertz CT molecular complexity index is 501. The molecule has 4 heteroatoms. The fourth-order valence-corrected chi connectivity index (χ4v) is 3.37. The minimum atomic E-state index is 0.186. The van der Waals surface area contributed by atoms with Gasteiger partial charge in [0.2, 0.25) is 0 Å². The Kier molecular flexibility index (Phi) is 4.13. The summed E-state index contributed by atoms with van der Waals surface area (Å²) in [5.74, 6) is 0. The average Bonchev–Trinajstić information content (AvgIpc) is 2.90. The molecule has 3 rings (SSSR count). The molecule has 19 heavy (non-hydrogen) atoms. The molecule has 0 saturated carbocycles. The van der Waals surface area contributed by atoms with Gasteiger partial charge >= 0.3 is 0 Å². The van der Waals surface area contributed by atoms with Crippen molar-refractivity contribution in [1.82, 2.24) is 5.32 Å². The molecule has 2 atom stereocenters. The Hall–Kier alpha value is -0.940. The van der Waals surface area contributed by atoms with E-state index >= 15 is 0 Å². The maximum Gasteiger partial charge on any atom is 0.0933 e. The molecule has 1 N–H and O–H groups in total. The molecule has 102 valence electrons. The Balaban J connectivity index is 1.61. The average molecular weight is 277 g/mol. The lowest BCUT2D eigenvalue weighted by Crippen LogP contribution is -2.38. The van der Waals surface area contributed by atoms with E-state index in [0.717, 1.165) is 13.2 Å². The Labute approximate surface area is 117 Å². The molecule has 1 aromatic carbocycles. The van der Waals surface area contributed by atoms with Gasteiger partial charge in [-0.3, -0.25) is 0 Å². The fraction of sp³-hybridized carbons (Fsp3) is 0.467. The van der Waals surface area contributed by atoms with Crippen LogP contribution in [0.5, 0.6) is 0 Å². The zero-order valence-electron chi connectivity index (χ0n) is 11.1. The van der Waals surface area contributed by atoms with Gasteiger partial charge in [0, 0.05) is 22.2 Å². The summed E-state index contributed by atoms with van der Waals surface area (Å²) < 4.78 is 12.4. The van der Waals surface area contributed by atoms with Crippen LogP contribution in [0, 0.1) is 0 Å². The molecule has 0 spiro atoms. The lowest BCUT2D eigenvalue weighted by Gasteiger charge is -2.24. The minimum absolute atomic E-state index is 0.186. The van der Waals surface area contributed by atoms with Crippen LogP contribution in [0.1, 0.15) is 17.8 Å². The number of ether oxygens (including phenoxy) is 2. The Morgan fingerprint density at radius 1 is 1.37 bits per heavy atom. The van der Waals surface area contributed by atoms with Crippen LogP contribution in [0.15, 0.2) is 30.3 Å². The zero-order chi connectivity index (χ0) is 13.1. The van der Waals surface area contributed by atoms with Crippen LogP contribution in [0.2, 0.25) is 0 Å². The van der Waals surface area contributed by atoms with E-state index in [1.54, 1.807) is 0 Å². The summed E-state index contributed by atoms with van der Waals surface area (Å²) in [7, 11) is 0. The lowest BCUT2D eigenvalue weighted by molar-refractivity contribution is -0.0869. The third kappa shape index (κ3) is 3.15. The lowest BCUT2D eigenvalue weighted by atomic mass is 10.2. The third-order valence-electron chi connectivity index (χ3n) is 3.41. The van der Waals surface area contributed by atoms with Gasteiger partial charge in [0.15, 0.2) is 0 Å². The van der Waals surface area contributed by atoms with Crippen molar-refractivity contribution in [2.24, 2.45) is 0 Å². The van der Waals surface area contributed by atoms with Crippen molar-refractivity contribution in [1.29, 1.82) is 0 Å². The first-order valence-electron chi connectivity index (χ1n) is 6.74. The summed E-state index contributed by atoms with van der Waals surface area (Å²) in [4.78, 5) is 1.37. The highest BCUT2D eigenvalue weighted by Gasteiger charge is 2.16. The third-order valence-corrected chi connectivity index (χ3v) is 4.71. The second-order valence-corrected chi connectivity index (χ2v) is 6.00. The highest BCUT2D eigenvalue weighted by molar-refractivity contribution is 7.19. The van der Waals surface area contributed by atoms with Crippen LogP contribution in [-0.4, -0.2) is 32.5 Å². The number of fused-ring (bicyclic) bond motifs is 1. The van der Waals surface area contributed by atoms with Crippen LogP contribution >= 0.6 is 11.3 Å². The molecular formula is C15H19NO2S. The number of benzene rings is 1. The Morgan fingerprint density at radius 3 is 3.05 bits per heavy atom. The van der Waals surface area contributed by atoms with Gasteiger partial charge in [-0.25, -0.2) is 0 Å². The summed E-state index contributed by atoms with van der Waals surface area (Å²) in [5, 5.41) is 4.86. The van der Waals surface area contributed by atoms with E-state index in [2.05, 4.69) is 42.6 Å². The number of thiophene rings is 1. The van der Waals surface area contributed by atoms with Gasteiger partial charge in [-0.1, -0.05) is 18.2 Å². The van der Waals surface area contributed by atoms with E-state index in [1.165, 1.54) is 15.0 Å². The minimum Gasteiger partial charge on any atom is -0.376 e. The van der Waals surface area contributed by atoms with Crippen molar-refractivity contribution in [3.05, 3.63) is 35.2 Å². The smallest absolute Gasteiger partial charge is 0.0933 e. The van der Waals surface area contributed by atoms with E-state index in [1.807, 2.05) is 11.3 Å². The van der Waals surface area contributed by atoms with Gasteiger partial charge in [0.25, 0.3) is 0 Å². The van der Waals surface area contributed by atoms with Crippen LogP contribution in [0.4, 0.5) is 0 Å². The molecule has 1 aromatic heterocycles. The highest BCUT2D eigenvalue weighted by atomic mass is 32.1. The van der Waals surface area contributed by atoms with E-state index in [9.17, 15) is 0 Å². The van der Waals surface area contributed by atoms with Gasteiger partial charge in [-0.05, 0) is 24.4 Å². The largest absolute Gasteiger partial charge is 0.376 e. The van der Waals surface area contributed by atoms with Crippen LogP contribution in [-0.2, 0) is 9.47 Å². The van der Waals surface area contributed by atoms with Crippen molar-refractivity contribution in [2.45, 2.75) is 19.1 Å². The molecule has 2 aromatic rings. The summed E-state index contributed by atoms with van der Waals surface area (Å²) >= 11 is 1.86. The van der Waals surface area contributed by atoms with Crippen molar-refractivity contribution in [3.63, 3.8) is 0 Å². The van der Waals surface area contributed by atoms with Crippen molar-refractivity contribution in [2.75, 3.05) is 26.4 Å². The van der Waals surface area contributed by atoms with Crippen molar-refractivity contribution in [3.8, 4) is 0 Å². The number of nitrogens with one attached hydrogen (secondary N) is 1. The first-order chi connectivity index (χ1) is 9.33. The number of rotatable bonds is 4. The SMILES string of the molecule is CC(NCC1COCCO1)c1cc2ccccc2s1. The summed E-state index contributed by atoms with van der Waals surface area (Å²) in [5.41, 5.74) is 0. The highest BCUT2D eigenvalue weighted by Crippen LogP contribution is 2.29. The maximum atomic E-state index is 5.64. The van der Waals surface area contributed by atoms with Crippen LogP contribution < -0.4 is 5.32 Å². The molecule has 0 amide bonds. The molecule has 0 radical (unpaired) electrons. The quantitative estimate of drug-likeness (QED) is 0.932. The van der Waals surface area contributed by atoms with Crippen LogP contribution in [0.25, 0.3) is 10.1 Å². The van der Waals surface area contributed by atoms with Gasteiger partial charge in [0.1, 0.15) is 0 Å². The summed E-state index contributed by atoms with van der Waals surface area (Å²) in [6, 6.07) is 11.1. The van der Waals surface area contributed by atoms with Gasteiger partial charge in [0.05, 0.1) is 25.9 Å². The molecule has 2 unspecified atom stereocenters. The van der Waals surface area contributed by atoms with E-state index < -0.39 is 0 Å². The van der Waals surface area contributed by atoms with E-state index in [-0.39, 0.29) is 6.10 Å². The monoisotopic (exact) mass is 277 g/mol. The maximum absolute atomic E-state index is 5.64. The molecule has 3 nitrogen and oxygen atoms in total. The molecule has 1 aliphatic heterocycles. The Morgan fingerprint density at radius 2 is 2.26 bits per heavy atom. The fourth-order valence-electron chi connectivity index (χ4n) is 2.28. The molecule has 1 fully saturated rings. The number of hydrogen-bond donors (Lipinski definition) is 1. The van der Waals surface area contributed by atoms with Crippen molar-refractivity contribution >= 4 is 21.4 Å². The van der Waals surface area contributed by atoms with Gasteiger partial charge in [-0.15, -0.1) is 11.3 Å². The molecule has 0 bridgehead atoms. The second-order valence-electron chi connectivity index (χ2n) is 4.88. The van der Waals surface area contributed by atoms with Crippen LogP contribution in [0.3, 0.4) is 0 Å². The zero-order valence-corrected chi connectivity index (χ0v) is 11.9. The first kappa shape index (κ1) is 13.1. The predicted molar refractivity (Wildman–Crippen MR) is 78.8 cm³/mol. The van der Waals surface area contributed by atoms with Crippen molar-refractivity contribution < 1.29 is 9.47 Å². The standard InChI is InChI=1S/C15H19NO2S/c1-11(16-9-13-10-17-6-7-18-13)15-8-12-4-2-3-5-14(12)19-15/h2-5,8,11,13,16H,6-7,9-10H2,1H3. The molecular weight excluding hydrogens is 258 g/mol. The van der Waals surface area contributed by atoms with Gasteiger partial charge in [-0.2, -0.15) is 0 Å². The first-order valence-corrected chi connectivity index (χ1v) is 7.56. The second kappa shape index (κ2) is 6.01. The van der Waals surface area contributed by atoms with Gasteiger partial charge < -0.3 is 14.8 Å². The molecule has 2 heterocycles. The normalized spacial score (nSPS) is 21.6.